The van der Waals surface area contributed by atoms with Gasteiger partial charge in [-0.25, -0.2) is 0 Å². The molecule has 102 valence electrons. The van der Waals surface area contributed by atoms with Crippen molar-refractivity contribution in [2.24, 2.45) is 0 Å². The number of aromatic nitrogens is 2. The summed E-state index contributed by atoms with van der Waals surface area (Å²) >= 11 is 0. The van der Waals surface area contributed by atoms with Crippen molar-refractivity contribution in [1.29, 1.82) is 0 Å². The minimum Gasteiger partial charge on any atom is -0.399 e. The van der Waals surface area contributed by atoms with Crippen LogP contribution in [0.3, 0.4) is 0 Å². The summed E-state index contributed by atoms with van der Waals surface area (Å²) in [5.74, 6) is 0.252. The first-order chi connectivity index (χ1) is 8.94. The number of anilines is 1. The summed E-state index contributed by atoms with van der Waals surface area (Å²) in [6.07, 6.45) is -4.37. The Bertz CT molecular complexity index is 537. The smallest absolute Gasteiger partial charge is 0.399 e. The van der Waals surface area contributed by atoms with E-state index >= 15 is 0 Å². The minimum absolute atomic E-state index is 0.0519. The topological polar surface area (TPSA) is 74.2 Å². The van der Waals surface area contributed by atoms with Crippen molar-refractivity contribution >= 4 is 5.69 Å². The Kier molecular flexibility index (Phi) is 3.70. The van der Waals surface area contributed by atoms with Crippen LogP contribution in [-0.2, 0) is 11.3 Å². The van der Waals surface area contributed by atoms with E-state index in [0.29, 0.717) is 11.3 Å². The monoisotopic (exact) mass is 273 g/mol. The molecule has 0 radical (unpaired) electrons. The van der Waals surface area contributed by atoms with Crippen LogP contribution in [0.1, 0.15) is 5.82 Å². The van der Waals surface area contributed by atoms with Crippen LogP contribution < -0.4 is 5.73 Å². The quantitative estimate of drug-likeness (QED) is 0.866. The molecule has 0 bridgehead atoms. The van der Waals surface area contributed by atoms with Gasteiger partial charge in [-0.1, -0.05) is 5.16 Å². The van der Waals surface area contributed by atoms with Crippen LogP contribution in [0.4, 0.5) is 18.9 Å². The molecule has 0 saturated carbocycles. The van der Waals surface area contributed by atoms with Crippen molar-refractivity contribution < 1.29 is 22.4 Å². The number of nitrogen functional groups attached to an aromatic ring is 1. The van der Waals surface area contributed by atoms with E-state index in [0.717, 1.165) is 0 Å². The lowest BCUT2D eigenvalue weighted by Gasteiger charge is -2.04. The molecule has 0 unspecified atom stereocenters. The normalized spacial score (nSPS) is 11.7. The number of hydrogen-bond donors (Lipinski definition) is 1. The zero-order chi connectivity index (χ0) is 13.9. The lowest BCUT2D eigenvalue weighted by Crippen LogP contribution is -2.16. The Labute approximate surface area is 106 Å². The van der Waals surface area contributed by atoms with E-state index in [1.807, 2.05) is 0 Å². The maximum absolute atomic E-state index is 11.9. The van der Waals surface area contributed by atoms with E-state index in [9.17, 15) is 13.2 Å². The van der Waals surface area contributed by atoms with Gasteiger partial charge in [-0.05, 0) is 24.3 Å². The molecule has 2 aromatic rings. The predicted octanol–water partition coefficient (Wildman–Crippen LogP) is 2.40. The summed E-state index contributed by atoms with van der Waals surface area (Å²) in [5, 5.41) is 3.52. The van der Waals surface area contributed by atoms with Crippen LogP contribution in [0.25, 0.3) is 11.5 Å². The van der Waals surface area contributed by atoms with Gasteiger partial charge < -0.3 is 15.0 Å². The summed E-state index contributed by atoms with van der Waals surface area (Å²) in [5.41, 5.74) is 6.73. The van der Waals surface area contributed by atoms with E-state index in [-0.39, 0.29) is 18.3 Å². The van der Waals surface area contributed by atoms with Gasteiger partial charge in [0.05, 0.1) is 0 Å². The summed E-state index contributed by atoms with van der Waals surface area (Å²) in [4.78, 5) is 3.92. The van der Waals surface area contributed by atoms with Crippen LogP contribution in [0.2, 0.25) is 0 Å². The van der Waals surface area contributed by atoms with Crippen molar-refractivity contribution in [2.45, 2.75) is 12.8 Å². The highest BCUT2D eigenvalue weighted by molar-refractivity contribution is 5.56. The molecule has 8 heteroatoms. The van der Waals surface area contributed by atoms with E-state index in [1.165, 1.54) is 0 Å². The van der Waals surface area contributed by atoms with Crippen LogP contribution in [0.15, 0.2) is 28.8 Å². The predicted molar refractivity (Wildman–Crippen MR) is 59.9 cm³/mol. The number of nitrogens with two attached hydrogens (primary N) is 1. The largest absolute Gasteiger partial charge is 0.411 e. The van der Waals surface area contributed by atoms with Gasteiger partial charge in [-0.2, -0.15) is 18.2 Å². The third-order valence-electron chi connectivity index (χ3n) is 2.12. The second kappa shape index (κ2) is 5.27. The average molecular weight is 273 g/mol. The molecule has 1 aromatic carbocycles. The lowest BCUT2D eigenvalue weighted by molar-refractivity contribution is -0.177. The fourth-order valence-electron chi connectivity index (χ4n) is 1.31. The Morgan fingerprint density at radius 3 is 2.53 bits per heavy atom. The van der Waals surface area contributed by atoms with Crippen molar-refractivity contribution in [3.05, 3.63) is 30.1 Å². The van der Waals surface area contributed by atoms with E-state index in [4.69, 9.17) is 10.3 Å². The van der Waals surface area contributed by atoms with Gasteiger partial charge in [0, 0.05) is 11.3 Å². The van der Waals surface area contributed by atoms with Crippen molar-refractivity contribution in [3.63, 3.8) is 0 Å². The molecule has 2 N–H and O–H groups in total. The number of rotatable bonds is 4. The first-order valence-electron chi connectivity index (χ1n) is 5.27. The van der Waals surface area contributed by atoms with Gasteiger partial charge in [-0.3, -0.25) is 0 Å². The molecule has 0 saturated heterocycles. The van der Waals surface area contributed by atoms with Gasteiger partial charge in [-0.15, -0.1) is 0 Å². The fourth-order valence-corrected chi connectivity index (χ4v) is 1.31. The molecule has 0 aliphatic carbocycles. The Balaban J connectivity index is 1.97. The third kappa shape index (κ3) is 3.95. The third-order valence-corrected chi connectivity index (χ3v) is 2.12. The second-order valence-corrected chi connectivity index (χ2v) is 3.75. The summed E-state index contributed by atoms with van der Waals surface area (Å²) < 4.78 is 44.9. The summed E-state index contributed by atoms with van der Waals surface area (Å²) in [6.45, 7) is -1.71. The SMILES string of the molecule is Nc1ccc(-c2nc(COCC(F)(F)F)no2)cc1. The molecule has 0 atom stereocenters. The first-order valence-corrected chi connectivity index (χ1v) is 5.27. The van der Waals surface area contributed by atoms with Gasteiger partial charge in [0.2, 0.25) is 0 Å². The highest BCUT2D eigenvalue weighted by atomic mass is 19.4. The molecule has 0 aliphatic heterocycles. The number of benzene rings is 1. The summed E-state index contributed by atoms with van der Waals surface area (Å²) in [6, 6.07) is 6.64. The molecule has 1 heterocycles. The van der Waals surface area contributed by atoms with E-state index in [1.54, 1.807) is 24.3 Å². The molecule has 2 rings (SSSR count). The van der Waals surface area contributed by atoms with E-state index in [2.05, 4.69) is 14.9 Å². The number of nitrogens with zero attached hydrogens (tertiary/aromatic N) is 2. The number of halogens is 3. The molecule has 0 aliphatic rings. The maximum Gasteiger partial charge on any atom is 0.411 e. The fraction of sp³-hybridized carbons (Fsp3) is 0.273. The molecule has 0 spiro atoms. The first kappa shape index (κ1) is 13.3. The van der Waals surface area contributed by atoms with Crippen molar-refractivity contribution in [2.75, 3.05) is 12.3 Å². The molecule has 0 fully saturated rings. The summed E-state index contributed by atoms with van der Waals surface area (Å²) in [7, 11) is 0. The second-order valence-electron chi connectivity index (χ2n) is 3.75. The van der Waals surface area contributed by atoms with Gasteiger partial charge in [0.1, 0.15) is 13.2 Å². The molecule has 1 aromatic heterocycles. The van der Waals surface area contributed by atoms with Crippen molar-refractivity contribution in [1.82, 2.24) is 10.1 Å². The molecular weight excluding hydrogens is 263 g/mol. The van der Waals surface area contributed by atoms with Crippen LogP contribution in [-0.4, -0.2) is 22.9 Å². The zero-order valence-corrected chi connectivity index (χ0v) is 9.65. The van der Waals surface area contributed by atoms with E-state index < -0.39 is 12.8 Å². The number of hydrogen-bond acceptors (Lipinski definition) is 5. The van der Waals surface area contributed by atoms with Crippen LogP contribution >= 0.6 is 0 Å². The molecular formula is C11H10F3N3O2. The van der Waals surface area contributed by atoms with Crippen LogP contribution in [0, 0.1) is 0 Å². The molecule has 19 heavy (non-hydrogen) atoms. The zero-order valence-electron chi connectivity index (χ0n) is 9.65. The van der Waals surface area contributed by atoms with Gasteiger partial charge in [0.15, 0.2) is 5.82 Å². The molecule has 5 nitrogen and oxygen atoms in total. The number of ether oxygens (including phenoxy) is 1. The Hall–Kier alpha value is -2.09. The minimum atomic E-state index is -4.37. The Morgan fingerprint density at radius 1 is 1.21 bits per heavy atom. The van der Waals surface area contributed by atoms with Crippen molar-refractivity contribution in [3.8, 4) is 11.5 Å². The van der Waals surface area contributed by atoms with Crippen LogP contribution in [0.5, 0.6) is 0 Å². The Morgan fingerprint density at radius 2 is 1.89 bits per heavy atom. The lowest BCUT2D eigenvalue weighted by atomic mass is 10.2. The maximum atomic E-state index is 11.9. The highest BCUT2D eigenvalue weighted by Crippen LogP contribution is 2.19. The average Bonchev–Trinajstić information content (AvgIpc) is 2.77. The molecule has 0 amide bonds. The van der Waals surface area contributed by atoms with Gasteiger partial charge >= 0.3 is 6.18 Å². The highest BCUT2D eigenvalue weighted by Gasteiger charge is 2.27. The number of alkyl halides is 3. The standard InChI is InChI=1S/C11H10F3N3O2/c12-11(13,14)6-18-5-9-16-10(19-17-9)7-1-3-8(15)4-2-7/h1-4H,5-6,15H2. The van der Waals surface area contributed by atoms with Gasteiger partial charge in [0.25, 0.3) is 5.89 Å².